The van der Waals surface area contributed by atoms with Crippen molar-refractivity contribution in [2.75, 3.05) is 0 Å². The summed E-state index contributed by atoms with van der Waals surface area (Å²) >= 11 is 7.35. The highest BCUT2D eigenvalue weighted by Crippen LogP contribution is 2.33. The van der Waals surface area contributed by atoms with Gasteiger partial charge in [0.1, 0.15) is 10.8 Å². The summed E-state index contributed by atoms with van der Waals surface area (Å²) in [6, 6.07) is 13.4. The van der Waals surface area contributed by atoms with Gasteiger partial charge in [0.05, 0.1) is 23.2 Å². The zero-order chi connectivity index (χ0) is 17.1. The minimum atomic E-state index is -0.293. The highest BCUT2D eigenvalue weighted by Gasteiger charge is 2.17. The first-order valence-electron chi connectivity index (χ1n) is 7.05. The van der Waals surface area contributed by atoms with Crippen LogP contribution in [-0.4, -0.2) is 21.2 Å². The lowest BCUT2D eigenvalue weighted by atomic mass is 10.3. The van der Waals surface area contributed by atoms with E-state index in [1.807, 2.05) is 19.1 Å². The summed E-state index contributed by atoms with van der Waals surface area (Å²) in [4.78, 5) is 0.846. The van der Waals surface area contributed by atoms with Gasteiger partial charge in [-0.3, -0.25) is 0 Å². The quantitative estimate of drug-likeness (QED) is 0.407. The Morgan fingerprint density at radius 3 is 2.46 bits per heavy atom. The van der Waals surface area contributed by atoms with Crippen molar-refractivity contribution in [3.63, 3.8) is 0 Å². The molecule has 24 heavy (non-hydrogen) atoms. The lowest BCUT2D eigenvalue weighted by Gasteiger charge is -2.08. The van der Waals surface area contributed by atoms with Gasteiger partial charge < -0.3 is 5.21 Å². The fraction of sp³-hybridized carbons (Fsp3) is 0.0588. The van der Waals surface area contributed by atoms with Crippen LogP contribution in [0.3, 0.4) is 0 Å². The maximum Gasteiger partial charge on any atom is 0.123 e. The van der Waals surface area contributed by atoms with E-state index >= 15 is 0 Å². The number of rotatable bonds is 4. The van der Waals surface area contributed by atoms with Crippen LogP contribution < -0.4 is 0 Å². The van der Waals surface area contributed by atoms with Gasteiger partial charge in [-0.25, -0.2) is 9.07 Å². The molecule has 4 nitrogen and oxygen atoms in total. The van der Waals surface area contributed by atoms with Gasteiger partial charge in [0.15, 0.2) is 0 Å². The van der Waals surface area contributed by atoms with E-state index in [9.17, 15) is 4.39 Å². The third kappa shape index (κ3) is 3.44. The summed E-state index contributed by atoms with van der Waals surface area (Å²) in [6.07, 6.45) is 1.35. The number of hydrogen-bond acceptors (Lipinski definition) is 4. The van der Waals surface area contributed by atoms with Crippen molar-refractivity contribution in [3.05, 3.63) is 70.6 Å². The molecule has 122 valence electrons. The molecule has 0 aliphatic carbocycles. The van der Waals surface area contributed by atoms with E-state index < -0.39 is 0 Å². The zero-order valence-corrected chi connectivity index (χ0v) is 14.2. The number of halogens is 2. The first-order valence-corrected chi connectivity index (χ1v) is 8.24. The van der Waals surface area contributed by atoms with E-state index in [4.69, 9.17) is 16.8 Å². The van der Waals surface area contributed by atoms with Crippen LogP contribution in [0.2, 0.25) is 5.02 Å². The second-order valence-corrected chi connectivity index (χ2v) is 6.49. The fourth-order valence-corrected chi connectivity index (χ4v) is 3.36. The Hall–Kier alpha value is -2.31. The predicted molar refractivity (Wildman–Crippen MR) is 93.2 cm³/mol. The summed E-state index contributed by atoms with van der Waals surface area (Å²) in [5.41, 5.74) is 2.24. The summed E-state index contributed by atoms with van der Waals surface area (Å²) in [5, 5.41) is 18.0. The van der Waals surface area contributed by atoms with Crippen molar-refractivity contribution < 1.29 is 9.60 Å². The third-order valence-corrected chi connectivity index (χ3v) is 4.69. The lowest BCUT2D eigenvalue weighted by molar-refractivity contribution is 0.321. The molecule has 0 radical (unpaired) electrons. The number of benzene rings is 2. The lowest BCUT2D eigenvalue weighted by Crippen LogP contribution is -1.98. The van der Waals surface area contributed by atoms with E-state index in [0.29, 0.717) is 16.3 Å². The first kappa shape index (κ1) is 16.5. The molecule has 1 N–H and O–H groups in total. The van der Waals surface area contributed by atoms with Crippen molar-refractivity contribution in [2.24, 2.45) is 5.16 Å². The van der Waals surface area contributed by atoms with E-state index in [0.717, 1.165) is 15.6 Å². The van der Waals surface area contributed by atoms with Crippen molar-refractivity contribution >= 4 is 29.6 Å². The van der Waals surface area contributed by atoms with Crippen LogP contribution >= 0.6 is 23.4 Å². The molecule has 0 spiro atoms. The van der Waals surface area contributed by atoms with Crippen molar-refractivity contribution in [1.29, 1.82) is 0 Å². The zero-order valence-electron chi connectivity index (χ0n) is 12.6. The smallest absolute Gasteiger partial charge is 0.123 e. The minimum absolute atomic E-state index is 0.293. The maximum atomic E-state index is 13.1. The molecular weight excluding hydrogens is 349 g/mol. The SMILES string of the molecule is Cc1nn(-c2ccc(Cl)cc2)c(Sc2ccc(F)cc2)c1C=NO. The van der Waals surface area contributed by atoms with E-state index in [2.05, 4.69) is 10.3 Å². The van der Waals surface area contributed by atoms with Crippen LogP contribution in [0.4, 0.5) is 4.39 Å². The van der Waals surface area contributed by atoms with Crippen LogP contribution in [0.15, 0.2) is 63.6 Å². The molecule has 0 aliphatic rings. The van der Waals surface area contributed by atoms with Crippen molar-refractivity contribution in [1.82, 2.24) is 9.78 Å². The van der Waals surface area contributed by atoms with Crippen LogP contribution in [-0.2, 0) is 0 Å². The Bertz CT molecular complexity index is 876. The topological polar surface area (TPSA) is 50.4 Å². The van der Waals surface area contributed by atoms with Gasteiger partial charge in [0.25, 0.3) is 0 Å². The molecule has 0 aliphatic heterocycles. The molecule has 1 heterocycles. The molecule has 0 saturated heterocycles. The normalized spacial score (nSPS) is 11.3. The van der Waals surface area contributed by atoms with Crippen LogP contribution in [0.25, 0.3) is 5.69 Å². The Labute approximate surface area is 147 Å². The summed E-state index contributed by atoms with van der Waals surface area (Å²) in [6.45, 7) is 1.83. The molecular formula is C17H13ClFN3OS. The van der Waals surface area contributed by atoms with Crippen LogP contribution in [0.5, 0.6) is 0 Å². The molecule has 3 aromatic rings. The first-order chi connectivity index (χ1) is 11.6. The van der Waals surface area contributed by atoms with Gasteiger partial charge in [-0.15, -0.1) is 0 Å². The Morgan fingerprint density at radius 2 is 1.83 bits per heavy atom. The van der Waals surface area contributed by atoms with E-state index in [-0.39, 0.29) is 5.82 Å². The highest BCUT2D eigenvalue weighted by molar-refractivity contribution is 7.99. The Kier molecular flexibility index (Phi) is 4.87. The molecule has 3 rings (SSSR count). The average molecular weight is 362 g/mol. The van der Waals surface area contributed by atoms with Crippen molar-refractivity contribution in [2.45, 2.75) is 16.8 Å². The fourth-order valence-electron chi connectivity index (χ4n) is 2.19. The number of aromatic nitrogens is 2. The second kappa shape index (κ2) is 7.07. The number of nitrogens with zero attached hydrogens (tertiary/aromatic N) is 3. The van der Waals surface area contributed by atoms with Gasteiger partial charge in [-0.05, 0) is 55.5 Å². The molecule has 0 saturated carbocycles. The van der Waals surface area contributed by atoms with Crippen LogP contribution in [0.1, 0.15) is 11.3 Å². The Morgan fingerprint density at radius 1 is 1.17 bits per heavy atom. The van der Waals surface area contributed by atoms with Crippen molar-refractivity contribution in [3.8, 4) is 5.69 Å². The predicted octanol–water partition coefficient (Wildman–Crippen LogP) is 4.93. The number of hydrogen-bond donors (Lipinski definition) is 1. The van der Waals surface area contributed by atoms with Gasteiger partial charge in [0.2, 0.25) is 0 Å². The standard InChI is InChI=1S/C17H13ClFN3OS/c1-11-16(10-20-23)17(24-15-8-4-13(19)5-9-15)22(21-11)14-6-2-12(18)3-7-14/h2-10,23H,1H3. The van der Waals surface area contributed by atoms with Gasteiger partial charge >= 0.3 is 0 Å². The molecule has 0 bridgehead atoms. The largest absolute Gasteiger partial charge is 0.411 e. The van der Waals surface area contributed by atoms with E-state index in [1.54, 1.807) is 28.9 Å². The third-order valence-electron chi connectivity index (χ3n) is 3.35. The highest BCUT2D eigenvalue weighted by atomic mass is 35.5. The molecule has 7 heteroatoms. The van der Waals surface area contributed by atoms with Gasteiger partial charge in [0, 0.05) is 9.92 Å². The molecule has 0 atom stereocenters. The van der Waals surface area contributed by atoms with Gasteiger partial charge in [-0.2, -0.15) is 5.10 Å². The summed E-state index contributed by atoms with van der Waals surface area (Å²) < 4.78 is 14.9. The molecule has 0 fully saturated rings. The van der Waals surface area contributed by atoms with E-state index in [1.165, 1.54) is 30.1 Å². The minimum Gasteiger partial charge on any atom is -0.411 e. The molecule has 1 aromatic heterocycles. The number of aryl methyl sites for hydroxylation is 1. The van der Waals surface area contributed by atoms with Gasteiger partial charge in [-0.1, -0.05) is 28.5 Å². The molecule has 0 amide bonds. The summed E-state index contributed by atoms with van der Waals surface area (Å²) in [5.74, 6) is -0.293. The summed E-state index contributed by atoms with van der Waals surface area (Å²) in [7, 11) is 0. The number of oxime groups is 1. The van der Waals surface area contributed by atoms with Crippen LogP contribution in [0, 0.1) is 12.7 Å². The monoisotopic (exact) mass is 361 g/mol. The second-order valence-electron chi connectivity index (χ2n) is 4.99. The average Bonchev–Trinajstić information content (AvgIpc) is 2.87. The maximum absolute atomic E-state index is 13.1. The Balaban J connectivity index is 2.10. The molecule has 0 unspecified atom stereocenters. The molecule has 2 aromatic carbocycles.